The highest BCUT2D eigenvalue weighted by atomic mass is 32.2. The highest BCUT2D eigenvalue weighted by molar-refractivity contribution is 7.86. The molecule has 1 aliphatic carbocycles. The van der Waals surface area contributed by atoms with Crippen LogP contribution < -0.4 is 0 Å². The Bertz CT molecular complexity index is 491. The molecule has 0 aliphatic heterocycles. The summed E-state index contributed by atoms with van der Waals surface area (Å²) in [6, 6.07) is -0.481. The van der Waals surface area contributed by atoms with Crippen molar-refractivity contribution in [1.29, 1.82) is 0 Å². The third-order valence-corrected chi connectivity index (χ3v) is 5.08. The number of hydrogen-bond acceptors (Lipinski definition) is 4. The normalized spacial score (nSPS) is 20.0. The molecule has 0 bridgehead atoms. The van der Waals surface area contributed by atoms with Crippen LogP contribution in [0, 0.1) is 5.92 Å². The van der Waals surface area contributed by atoms with Crippen LogP contribution in [0.1, 0.15) is 66.2 Å². The summed E-state index contributed by atoms with van der Waals surface area (Å²) >= 11 is 0. The molecule has 0 radical (unpaired) electrons. The van der Waals surface area contributed by atoms with Crippen molar-refractivity contribution in [2.45, 2.75) is 83.9 Å². The molecule has 23 heavy (non-hydrogen) atoms. The Morgan fingerprint density at radius 2 is 1.78 bits per heavy atom. The second-order valence-corrected chi connectivity index (χ2v) is 9.24. The Balaban J connectivity index is 3.04. The molecule has 0 heterocycles. The fourth-order valence-electron chi connectivity index (χ4n) is 3.54. The summed E-state index contributed by atoms with van der Waals surface area (Å²) in [4.78, 5) is 13.2. The number of carbonyl (C=O) groups is 1. The van der Waals surface area contributed by atoms with Gasteiger partial charge in [0.25, 0.3) is 10.1 Å². The zero-order valence-electron chi connectivity index (χ0n) is 14.9. The smallest absolute Gasteiger partial charge is 0.408 e. The first kappa shape index (κ1) is 20.2. The fraction of sp³-hybridized carbons (Fsp3) is 0.938. The molecule has 0 unspecified atom stereocenters. The summed E-state index contributed by atoms with van der Waals surface area (Å²) < 4.78 is 28.1. The standard InChI is InChI=1S/C16H31NO5S/c1-12(22-23(5,20)21)14(11-13-9-7-6-8-10-13)17(15(18)19)16(2,3)4/h12-14H,6-11H2,1-5H3,(H,18,19)/t12-,14+/m1/s1. The van der Waals surface area contributed by atoms with E-state index in [0.717, 1.165) is 31.9 Å². The van der Waals surface area contributed by atoms with Gasteiger partial charge in [-0.15, -0.1) is 0 Å². The SMILES string of the molecule is C[C@@H](OS(C)(=O)=O)[C@H](CC1CCCCC1)N(C(=O)O)C(C)(C)C. The van der Waals surface area contributed by atoms with Crippen LogP contribution in [-0.4, -0.2) is 48.5 Å². The zero-order valence-corrected chi connectivity index (χ0v) is 15.7. The molecule has 1 N–H and O–H groups in total. The van der Waals surface area contributed by atoms with Gasteiger partial charge in [0, 0.05) is 5.54 Å². The molecule has 2 atom stereocenters. The summed E-state index contributed by atoms with van der Waals surface area (Å²) in [6.07, 6.45) is 5.56. The second-order valence-electron chi connectivity index (χ2n) is 7.64. The lowest BCUT2D eigenvalue weighted by Gasteiger charge is -2.43. The average Bonchev–Trinajstić information content (AvgIpc) is 2.35. The molecule has 136 valence electrons. The van der Waals surface area contributed by atoms with Crippen LogP contribution >= 0.6 is 0 Å². The Morgan fingerprint density at radius 3 is 2.17 bits per heavy atom. The minimum absolute atomic E-state index is 0.420. The fourth-order valence-corrected chi connectivity index (χ4v) is 4.22. The van der Waals surface area contributed by atoms with Gasteiger partial charge in [0.2, 0.25) is 0 Å². The third-order valence-electron chi connectivity index (χ3n) is 4.43. The molecule has 0 saturated heterocycles. The van der Waals surface area contributed by atoms with E-state index in [-0.39, 0.29) is 0 Å². The van der Waals surface area contributed by atoms with Gasteiger partial charge in [-0.05, 0) is 40.0 Å². The molecule has 1 rings (SSSR count). The number of hydrogen-bond donors (Lipinski definition) is 1. The highest BCUT2D eigenvalue weighted by Crippen LogP contribution is 2.32. The molecule has 6 nitrogen and oxygen atoms in total. The van der Waals surface area contributed by atoms with Gasteiger partial charge >= 0.3 is 6.09 Å². The van der Waals surface area contributed by atoms with Gasteiger partial charge in [-0.1, -0.05) is 32.1 Å². The lowest BCUT2D eigenvalue weighted by Crippen LogP contribution is -2.56. The summed E-state index contributed by atoms with van der Waals surface area (Å²) in [5, 5.41) is 9.68. The largest absolute Gasteiger partial charge is 0.465 e. The minimum atomic E-state index is -3.63. The van der Waals surface area contributed by atoms with E-state index in [2.05, 4.69) is 0 Å². The van der Waals surface area contributed by atoms with Crippen molar-refractivity contribution >= 4 is 16.2 Å². The van der Waals surface area contributed by atoms with Gasteiger partial charge in [0.05, 0.1) is 18.4 Å². The second kappa shape index (κ2) is 7.83. The molecule has 0 aromatic rings. The van der Waals surface area contributed by atoms with E-state index in [1.54, 1.807) is 6.92 Å². The number of carboxylic acid groups (broad SMARTS) is 1. The quantitative estimate of drug-likeness (QED) is 0.742. The first-order chi connectivity index (χ1) is 10.4. The van der Waals surface area contributed by atoms with E-state index < -0.39 is 33.9 Å². The molecule has 0 aromatic heterocycles. The van der Waals surface area contributed by atoms with Crippen LogP contribution in [0.25, 0.3) is 0 Å². The van der Waals surface area contributed by atoms with E-state index in [0.29, 0.717) is 12.3 Å². The minimum Gasteiger partial charge on any atom is -0.465 e. The molecular weight excluding hydrogens is 318 g/mol. The number of amides is 1. The molecule has 0 spiro atoms. The van der Waals surface area contributed by atoms with Crippen molar-refractivity contribution in [1.82, 2.24) is 4.90 Å². The molecule has 1 amide bonds. The Hall–Kier alpha value is -0.820. The van der Waals surface area contributed by atoms with Crippen LogP contribution in [0.4, 0.5) is 4.79 Å². The van der Waals surface area contributed by atoms with Gasteiger partial charge in [0.15, 0.2) is 0 Å². The summed E-state index contributed by atoms with van der Waals surface area (Å²) in [7, 11) is -3.63. The van der Waals surface area contributed by atoms with Crippen molar-refractivity contribution in [3.8, 4) is 0 Å². The van der Waals surface area contributed by atoms with Gasteiger partial charge < -0.3 is 5.11 Å². The molecular formula is C16H31NO5S. The van der Waals surface area contributed by atoms with Crippen LogP contribution in [0.15, 0.2) is 0 Å². The monoisotopic (exact) mass is 349 g/mol. The molecule has 1 saturated carbocycles. The number of nitrogens with zero attached hydrogens (tertiary/aromatic N) is 1. The maximum Gasteiger partial charge on any atom is 0.408 e. The van der Waals surface area contributed by atoms with E-state index in [1.807, 2.05) is 20.8 Å². The molecule has 0 aromatic carbocycles. The Morgan fingerprint density at radius 1 is 1.26 bits per heavy atom. The van der Waals surface area contributed by atoms with Crippen LogP contribution in [0.5, 0.6) is 0 Å². The predicted octanol–water partition coefficient (Wildman–Crippen LogP) is 3.47. The van der Waals surface area contributed by atoms with Crippen LogP contribution in [-0.2, 0) is 14.3 Å². The summed E-state index contributed by atoms with van der Waals surface area (Å²) in [5.41, 5.74) is -0.625. The Kier molecular flexibility index (Phi) is 6.89. The lowest BCUT2D eigenvalue weighted by molar-refractivity contribution is 0.0130. The molecule has 7 heteroatoms. The topological polar surface area (TPSA) is 83.9 Å². The molecule has 1 fully saturated rings. The van der Waals surface area contributed by atoms with Crippen molar-refractivity contribution in [3.63, 3.8) is 0 Å². The van der Waals surface area contributed by atoms with Crippen molar-refractivity contribution in [2.24, 2.45) is 5.92 Å². The maximum atomic E-state index is 11.8. The van der Waals surface area contributed by atoms with Gasteiger partial charge in [-0.25, -0.2) is 4.79 Å². The highest BCUT2D eigenvalue weighted by Gasteiger charge is 2.39. The van der Waals surface area contributed by atoms with E-state index in [4.69, 9.17) is 4.18 Å². The van der Waals surface area contributed by atoms with Gasteiger partial charge in [0.1, 0.15) is 0 Å². The first-order valence-corrected chi connectivity index (χ1v) is 10.1. The number of rotatable bonds is 6. The van der Waals surface area contributed by atoms with Crippen molar-refractivity contribution in [2.75, 3.05) is 6.26 Å². The lowest BCUT2D eigenvalue weighted by atomic mass is 9.82. The van der Waals surface area contributed by atoms with Crippen LogP contribution in [0.2, 0.25) is 0 Å². The van der Waals surface area contributed by atoms with E-state index in [1.165, 1.54) is 11.3 Å². The predicted molar refractivity (Wildman–Crippen MR) is 90.0 cm³/mol. The first-order valence-electron chi connectivity index (χ1n) is 8.32. The zero-order chi connectivity index (χ0) is 17.8. The van der Waals surface area contributed by atoms with Crippen molar-refractivity contribution < 1.29 is 22.5 Å². The summed E-state index contributed by atoms with van der Waals surface area (Å²) in [5.74, 6) is 0.420. The van der Waals surface area contributed by atoms with Gasteiger partial charge in [-0.3, -0.25) is 9.08 Å². The maximum absolute atomic E-state index is 11.8. The average molecular weight is 349 g/mol. The van der Waals surface area contributed by atoms with E-state index in [9.17, 15) is 18.3 Å². The molecule has 1 aliphatic rings. The third kappa shape index (κ3) is 6.67. The van der Waals surface area contributed by atoms with E-state index >= 15 is 0 Å². The Labute approximate surface area is 140 Å². The van der Waals surface area contributed by atoms with Crippen molar-refractivity contribution in [3.05, 3.63) is 0 Å². The van der Waals surface area contributed by atoms with Gasteiger partial charge in [-0.2, -0.15) is 8.42 Å². The van der Waals surface area contributed by atoms with Crippen LogP contribution in [0.3, 0.4) is 0 Å². The summed E-state index contributed by atoms with van der Waals surface area (Å²) in [6.45, 7) is 7.11.